The fraction of sp³-hybridized carbons (Fsp3) is 0.867. The second-order valence-electron chi connectivity index (χ2n) is 6.68. The zero-order valence-electron chi connectivity index (χ0n) is 11.9. The molecule has 1 N–H and O–H groups in total. The van der Waals surface area contributed by atoms with Gasteiger partial charge in [0, 0.05) is 31.2 Å². The molecule has 1 fully saturated rings. The molecule has 2 rings (SSSR count). The zero-order valence-corrected chi connectivity index (χ0v) is 11.9. The van der Waals surface area contributed by atoms with Gasteiger partial charge in [0.05, 0.1) is 0 Å². The van der Waals surface area contributed by atoms with Crippen molar-refractivity contribution in [3.63, 3.8) is 0 Å². The summed E-state index contributed by atoms with van der Waals surface area (Å²) in [6, 6.07) is 2.14. The predicted octanol–water partition coefficient (Wildman–Crippen LogP) is 2.80. The Bertz CT molecular complexity index is 267. The van der Waals surface area contributed by atoms with Crippen LogP contribution in [0.3, 0.4) is 0 Å². The van der Waals surface area contributed by atoms with Gasteiger partial charge in [-0.3, -0.25) is 4.90 Å². The summed E-state index contributed by atoms with van der Waals surface area (Å²) >= 11 is 0. The molecule has 2 unspecified atom stereocenters. The van der Waals surface area contributed by atoms with Crippen LogP contribution in [0.2, 0.25) is 0 Å². The Morgan fingerprint density at radius 2 is 1.88 bits per heavy atom. The second-order valence-corrected chi connectivity index (χ2v) is 6.68. The lowest BCUT2D eigenvalue weighted by Crippen LogP contribution is -2.62. The van der Waals surface area contributed by atoms with Crippen LogP contribution in [0.1, 0.15) is 47.0 Å². The van der Waals surface area contributed by atoms with Gasteiger partial charge in [0.25, 0.3) is 0 Å². The van der Waals surface area contributed by atoms with E-state index in [-0.39, 0.29) is 0 Å². The Hall–Kier alpha value is -0.340. The maximum Gasteiger partial charge on any atom is 0.0244 e. The van der Waals surface area contributed by atoms with Crippen molar-refractivity contribution in [2.75, 3.05) is 13.1 Å². The van der Waals surface area contributed by atoms with Crippen LogP contribution in [-0.2, 0) is 0 Å². The maximum atomic E-state index is 3.75. The smallest absolute Gasteiger partial charge is 0.0244 e. The van der Waals surface area contributed by atoms with Crippen LogP contribution in [0.25, 0.3) is 0 Å². The SMILES string of the molecule is CCC1CNC(C(C)(C)C)CN1C1CC=CC1. The van der Waals surface area contributed by atoms with Crippen molar-refractivity contribution in [3.8, 4) is 0 Å². The molecule has 1 heterocycles. The Morgan fingerprint density at radius 3 is 2.41 bits per heavy atom. The summed E-state index contributed by atoms with van der Waals surface area (Å²) in [6.07, 6.45) is 8.48. The molecule has 0 aromatic heterocycles. The van der Waals surface area contributed by atoms with Gasteiger partial charge in [-0.25, -0.2) is 0 Å². The van der Waals surface area contributed by atoms with Crippen LogP contribution in [0, 0.1) is 5.41 Å². The van der Waals surface area contributed by atoms with Gasteiger partial charge < -0.3 is 5.32 Å². The third kappa shape index (κ3) is 2.92. The Morgan fingerprint density at radius 1 is 1.24 bits per heavy atom. The first-order valence-electron chi connectivity index (χ1n) is 7.16. The molecule has 2 atom stereocenters. The molecular weight excluding hydrogens is 208 g/mol. The summed E-state index contributed by atoms with van der Waals surface area (Å²) in [5.74, 6) is 0. The summed E-state index contributed by atoms with van der Waals surface area (Å²) in [7, 11) is 0. The summed E-state index contributed by atoms with van der Waals surface area (Å²) in [5, 5.41) is 3.75. The largest absolute Gasteiger partial charge is 0.311 e. The van der Waals surface area contributed by atoms with Gasteiger partial charge in [0.1, 0.15) is 0 Å². The first kappa shape index (κ1) is 13.1. The molecule has 0 aromatic rings. The molecule has 0 radical (unpaired) electrons. The number of nitrogens with one attached hydrogen (secondary N) is 1. The third-order valence-electron chi connectivity index (χ3n) is 4.43. The van der Waals surface area contributed by atoms with E-state index in [9.17, 15) is 0 Å². The molecule has 0 saturated carbocycles. The lowest BCUT2D eigenvalue weighted by molar-refractivity contribution is 0.0515. The zero-order chi connectivity index (χ0) is 12.5. The van der Waals surface area contributed by atoms with E-state index in [1.807, 2.05) is 0 Å². The molecule has 0 aromatic carbocycles. The van der Waals surface area contributed by atoms with E-state index in [1.165, 1.54) is 25.8 Å². The monoisotopic (exact) mass is 236 g/mol. The summed E-state index contributed by atoms with van der Waals surface area (Å²) in [6.45, 7) is 11.7. The third-order valence-corrected chi connectivity index (χ3v) is 4.43. The molecular formula is C15H28N2. The molecule has 2 aliphatic rings. The van der Waals surface area contributed by atoms with Gasteiger partial charge in [-0.1, -0.05) is 39.8 Å². The van der Waals surface area contributed by atoms with E-state index >= 15 is 0 Å². The molecule has 0 spiro atoms. The normalized spacial score (nSPS) is 32.2. The van der Waals surface area contributed by atoms with Crippen molar-refractivity contribution in [2.45, 2.75) is 65.1 Å². The van der Waals surface area contributed by atoms with Crippen molar-refractivity contribution < 1.29 is 0 Å². The second kappa shape index (κ2) is 5.11. The lowest BCUT2D eigenvalue weighted by Gasteiger charge is -2.47. The highest BCUT2D eigenvalue weighted by Gasteiger charge is 2.36. The van der Waals surface area contributed by atoms with Gasteiger partial charge >= 0.3 is 0 Å². The average Bonchev–Trinajstić information content (AvgIpc) is 2.80. The van der Waals surface area contributed by atoms with E-state index in [2.05, 4.69) is 50.1 Å². The summed E-state index contributed by atoms with van der Waals surface area (Å²) in [5.41, 5.74) is 0.364. The van der Waals surface area contributed by atoms with Crippen molar-refractivity contribution in [1.29, 1.82) is 0 Å². The molecule has 2 heteroatoms. The van der Waals surface area contributed by atoms with Crippen LogP contribution in [-0.4, -0.2) is 36.1 Å². The van der Waals surface area contributed by atoms with E-state index in [1.54, 1.807) is 0 Å². The molecule has 0 bridgehead atoms. The summed E-state index contributed by atoms with van der Waals surface area (Å²) in [4.78, 5) is 2.77. The van der Waals surface area contributed by atoms with Gasteiger partial charge in [0.15, 0.2) is 0 Å². The van der Waals surface area contributed by atoms with Gasteiger partial charge in [-0.2, -0.15) is 0 Å². The van der Waals surface area contributed by atoms with E-state index in [0.717, 1.165) is 18.6 Å². The molecule has 1 aliphatic heterocycles. The average molecular weight is 236 g/mol. The number of hydrogen-bond donors (Lipinski definition) is 1. The van der Waals surface area contributed by atoms with E-state index < -0.39 is 0 Å². The van der Waals surface area contributed by atoms with Crippen LogP contribution in [0.15, 0.2) is 12.2 Å². The fourth-order valence-electron chi connectivity index (χ4n) is 3.10. The van der Waals surface area contributed by atoms with Gasteiger partial charge in [-0.05, 0) is 24.7 Å². The molecule has 17 heavy (non-hydrogen) atoms. The van der Waals surface area contributed by atoms with Gasteiger partial charge in [0.2, 0.25) is 0 Å². The molecule has 98 valence electrons. The Kier molecular flexibility index (Phi) is 3.94. The van der Waals surface area contributed by atoms with E-state index in [0.29, 0.717) is 11.5 Å². The maximum absolute atomic E-state index is 3.75. The Labute approximate surface area is 106 Å². The molecule has 1 aliphatic carbocycles. The molecule has 2 nitrogen and oxygen atoms in total. The van der Waals surface area contributed by atoms with Crippen LogP contribution >= 0.6 is 0 Å². The lowest BCUT2D eigenvalue weighted by atomic mass is 9.84. The number of hydrogen-bond acceptors (Lipinski definition) is 2. The number of nitrogens with zero attached hydrogens (tertiary/aromatic N) is 1. The fourth-order valence-corrected chi connectivity index (χ4v) is 3.10. The van der Waals surface area contributed by atoms with Crippen molar-refractivity contribution in [2.24, 2.45) is 5.41 Å². The summed E-state index contributed by atoms with van der Waals surface area (Å²) < 4.78 is 0. The first-order chi connectivity index (χ1) is 8.02. The highest BCUT2D eigenvalue weighted by atomic mass is 15.3. The topological polar surface area (TPSA) is 15.3 Å². The van der Waals surface area contributed by atoms with Gasteiger partial charge in [-0.15, -0.1) is 0 Å². The van der Waals surface area contributed by atoms with Crippen LogP contribution in [0.4, 0.5) is 0 Å². The van der Waals surface area contributed by atoms with Crippen molar-refractivity contribution >= 4 is 0 Å². The highest BCUT2D eigenvalue weighted by molar-refractivity contribution is 5.02. The minimum atomic E-state index is 0.364. The van der Waals surface area contributed by atoms with Crippen LogP contribution < -0.4 is 5.32 Å². The number of piperazine rings is 1. The standard InChI is InChI=1S/C15H28N2/c1-5-12-10-16-14(15(2,3)4)11-17(12)13-8-6-7-9-13/h6-7,12-14,16H,5,8-11H2,1-4H3. The highest BCUT2D eigenvalue weighted by Crippen LogP contribution is 2.28. The van der Waals surface area contributed by atoms with Crippen molar-refractivity contribution in [3.05, 3.63) is 12.2 Å². The Balaban J connectivity index is 2.03. The van der Waals surface area contributed by atoms with E-state index in [4.69, 9.17) is 0 Å². The molecule has 0 amide bonds. The van der Waals surface area contributed by atoms with Crippen LogP contribution in [0.5, 0.6) is 0 Å². The minimum absolute atomic E-state index is 0.364. The minimum Gasteiger partial charge on any atom is -0.311 e. The molecule has 1 saturated heterocycles. The number of rotatable bonds is 2. The first-order valence-corrected chi connectivity index (χ1v) is 7.16. The van der Waals surface area contributed by atoms with Crippen molar-refractivity contribution in [1.82, 2.24) is 10.2 Å². The predicted molar refractivity (Wildman–Crippen MR) is 74.2 cm³/mol. The quantitative estimate of drug-likeness (QED) is 0.742.